The van der Waals surface area contributed by atoms with Crippen LogP contribution in [0.5, 0.6) is 0 Å². The van der Waals surface area contributed by atoms with Crippen molar-refractivity contribution in [2.24, 2.45) is 4.99 Å². The van der Waals surface area contributed by atoms with E-state index >= 15 is 0 Å². The van der Waals surface area contributed by atoms with Crippen molar-refractivity contribution < 1.29 is 9.59 Å². The Balaban J connectivity index is 2.61. The smallest absolute Gasteiger partial charge is 0.268 e. The van der Waals surface area contributed by atoms with Gasteiger partial charge in [0.25, 0.3) is 11.8 Å². The number of imide groups is 1. The average molecular weight is 172 g/mol. The summed E-state index contributed by atoms with van der Waals surface area (Å²) < 4.78 is 0. The molecule has 13 heavy (non-hydrogen) atoms. The standard InChI is InChI=1S/C8H5BN2O2/c9-11-7(12)5-3-1-2-4-10-6(5)8(11)13/h1-3H,9H2. The van der Waals surface area contributed by atoms with E-state index in [1.807, 2.05) is 0 Å². The summed E-state index contributed by atoms with van der Waals surface area (Å²) in [6.45, 7) is 0. The van der Waals surface area contributed by atoms with Crippen LogP contribution in [0.15, 0.2) is 34.5 Å². The minimum absolute atomic E-state index is 0.178. The third-order valence-electron chi connectivity index (χ3n) is 1.91. The second-order valence-corrected chi connectivity index (χ2v) is 2.70. The number of aliphatic imine (C=N–C) groups is 1. The molecule has 0 atom stereocenters. The predicted molar refractivity (Wildman–Crippen MR) is 48.6 cm³/mol. The van der Waals surface area contributed by atoms with Crippen LogP contribution in [0, 0.1) is 0 Å². The van der Waals surface area contributed by atoms with E-state index in [0.29, 0.717) is 5.57 Å². The zero-order valence-electron chi connectivity index (χ0n) is 6.94. The van der Waals surface area contributed by atoms with Crippen molar-refractivity contribution in [3.63, 3.8) is 0 Å². The average Bonchev–Trinajstić information content (AvgIpc) is 2.40. The van der Waals surface area contributed by atoms with Gasteiger partial charge < -0.3 is 4.81 Å². The topological polar surface area (TPSA) is 49.7 Å². The van der Waals surface area contributed by atoms with E-state index in [1.54, 1.807) is 18.2 Å². The number of carbonyl (C=O) groups is 2. The van der Waals surface area contributed by atoms with E-state index in [4.69, 9.17) is 0 Å². The van der Waals surface area contributed by atoms with Crippen LogP contribution >= 0.6 is 0 Å². The van der Waals surface area contributed by atoms with Gasteiger partial charge in [-0.2, -0.15) is 4.99 Å². The van der Waals surface area contributed by atoms with Crippen molar-refractivity contribution in [3.05, 3.63) is 29.5 Å². The summed E-state index contributed by atoms with van der Waals surface area (Å²) in [6, 6.07) is 0. The Morgan fingerprint density at radius 2 is 2.15 bits per heavy atom. The van der Waals surface area contributed by atoms with Crippen LogP contribution in [-0.2, 0) is 9.59 Å². The SMILES string of the molecule is BN1C(=O)C2=C(N=C=CC=C2)C1=O. The van der Waals surface area contributed by atoms with Gasteiger partial charge >= 0.3 is 0 Å². The van der Waals surface area contributed by atoms with Gasteiger partial charge in [0.1, 0.15) is 5.70 Å². The van der Waals surface area contributed by atoms with Crippen molar-refractivity contribution in [1.82, 2.24) is 4.81 Å². The van der Waals surface area contributed by atoms with Gasteiger partial charge in [0.05, 0.1) is 5.57 Å². The first-order chi connectivity index (χ1) is 6.22. The normalized spacial score (nSPS) is 19.8. The molecule has 0 unspecified atom stereocenters. The van der Waals surface area contributed by atoms with Crippen molar-refractivity contribution in [1.29, 1.82) is 0 Å². The van der Waals surface area contributed by atoms with Crippen molar-refractivity contribution in [2.75, 3.05) is 0 Å². The van der Waals surface area contributed by atoms with Gasteiger partial charge in [0.15, 0.2) is 0 Å². The lowest BCUT2D eigenvalue weighted by Crippen LogP contribution is -2.28. The van der Waals surface area contributed by atoms with Gasteiger partial charge in [-0.3, -0.25) is 9.59 Å². The van der Waals surface area contributed by atoms with E-state index in [1.165, 1.54) is 7.98 Å². The minimum Gasteiger partial charge on any atom is -0.327 e. The zero-order valence-corrected chi connectivity index (χ0v) is 6.94. The van der Waals surface area contributed by atoms with Crippen LogP contribution in [0.3, 0.4) is 0 Å². The van der Waals surface area contributed by atoms with Crippen molar-refractivity contribution >= 4 is 25.7 Å². The molecule has 0 saturated heterocycles. The molecule has 0 aliphatic carbocycles. The lowest BCUT2D eigenvalue weighted by atomic mass is 10.2. The highest BCUT2D eigenvalue weighted by Gasteiger charge is 2.33. The lowest BCUT2D eigenvalue weighted by Gasteiger charge is -2.04. The summed E-state index contributed by atoms with van der Waals surface area (Å²) in [5.74, 6) is 1.87. The van der Waals surface area contributed by atoms with Crippen LogP contribution in [0.25, 0.3) is 0 Å². The van der Waals surface area contributed by atoms with Gasteiger partial charge in [0, 0.05) is 0 Å². The van der Waals surface area contributed by atoms with Gasteiger partial charge in [-0.05, 0) is 18.0 Å². The molecule has 0 aromatic heterocycles. The second-order valence-electron chi connectivity index (χ2n) is 2.70. The quantitative estimate of drug-likeness (QED) is 0.346. The number of allylic oxidation sites excluding steroid dienone is 2. The third kappa shape index (κ3) is 0.982. The minimum atomic E-state index is -0.368. The fourth-order valence-corrected chi connectivity index (χ4v) is 1.20. The maximum atomic E-state index is 11.4. The summed E-state index contributed by atoms with van der Waals surface area (Å²) in [4.78, 5) is 27.6. The third-order valence-corrected chi connectivity index (χ3v) is 1.91. The molecule has 5 heteroatoms. The Morgan fingerprint density at radius 3 is 2.92 bits per heavy atom. The molecular formula is C8H5BN2O2. The zero-order chi connectivity index (χ0) is 9.42. The Hall–Kier alpha value is -1.87. The molecule has 0 radical (unpaired) electrons. The number of hydrogen-bond acceptors (Lipinski definition) is 3. The molecule has 2 amide bonds. The number of rotatable bonds is 0. The number of nitrogens with zero attached hydrogens (tertiary/aromatic N) is 2. The van der Waals surface area contributed by atoms with Gasteiger partial charge in [-0.1, -0.05) is 6.08 Å². The number of hydrogen-bond donors (Lipinski definition) is 0. The van der Waals surface area contributed by atoms with Gasteiger partial charge in [0.2, 0.25) is 7.98 Å². The molecule has 2 heterocycles. The van der Waals surface area contributed by atoms with Crippen LogP contribution in [0.2, 0.25) is 0 Å². The van der Waals surface area contributed by atoms with E-state index < -0.39 is 0 Å². The van der Waals surface area contributed by atoms with Crippen molar-refractivity contribution in [3.8, 4) is 0 Å². The molecule has 0 aromatic carbocycles. The fourth-order valence-electron chi connectivity index (χ4n) is 1.20. The fraction of sp³-hybridized carbons (Fsp3) is 0. The molecular weight excluding hydrogens is 167 g/mol. The number of amides is 2. The molecule has 2 rings (SSSR count). The maximum absolute atomic E-state index is 11.4. The van der Waals surface area contributed by atoms with Crippen molar-refractivity contribution in [2.45, 2.75) is 0 Å². The Kier molecular flexibility index (Phi) is 1.54. The molecule has 62 valence electrons. The first kappa shape index (κ1) is 7.77. The predicted octanol–water partition coefficient (Wildman–Crippen LogP) is -1.05. The Bertz CT molecular complexity index is 427. The van der Waals surface area contributed by atoms with Crippen LogP contribution in [0.1, 0.15) is 0 Å². The maximum Gasteiger partial charge on any atom is 0.268 e. The van der Waals surface area contributed by atoms with E-state index in [9.17, 15) is 9.59 Å². The second kappa shape index (κ2) is 2.57. The molecule has 0 bridgehead atoms. The van der Waals surface area contributed by atoms with E-state index in [0.717, 1.165) is 4.81 Å². The highest BCUT2D eigenvalue weighted by atomic mass is 16.2. The van der Waals surface area contributed by atoms with Crippen LogP contribution in [-0.4, -0.2) is 30.5 Å². The molecule has 0 spiro atoms. The first-order valence-electron chi connectivity index (χ1n) is 3.74. The summed E-state index contributed by atoms with van der Waals surface area (Å²) in [5.41, 5.74) is 0.520. The highest BCUT2D eigenvalue weighted by molar-refractivity contribution is 6.35. The van der Waals surface area contributed by atoms with E-state index in [2.05, 4.69) is 10.9 Å². The largest absolute Gasteiger partial charge is 0.327 e. The van der Waals surface area contributed by atoms with Gasteiger partial charge in [-0.25, -0.2) is 0 Å². The summed E-state index contributed by atoms with van der Waals surface area (Å²) in [7, 11) is 1.44. The van der Waals surface area contributed by atoms with E-state index in [-0.39, 0.29) is 17.5 Å². The van der Waals surface area contributed by atoms with Gasteiger partial charge in [-0.15, -0.1) is 0 Å². The molecule has 4 nitrogen and oxygen atoms in total. The molecule has 0 N–H and O–H groups in total. The molecule has 2 aliphatic rings. The molecule has 0 saturated carbocycles. The highest BCUT2D eigenvalue weighted by Crippen LogP contribution is 2.21. The van der Waals surface area contributed by atoms with Crippen LogP contribution < -0.4 is 0 Å². The lowest BCUT2D eigenvalue weighted by molar-refractivity contribution is -0.131. The summed E-state index contributed by atoms with van der Waals surface area (Å²) in [5, 5.41) is 0. The molecule has 0 aromatic rings. The van der Waals surface area contributed by atoms with Crippen LogP contribution in [0.4, 0.5) is 0 Å². The first-order valence-corrected chi connectivity index (χ1v) is 3.74. The number of carbonyl (C=O) groups excluding carboxylic acids is 2. The molecule has 0 fully saturated rings. The summed E-state index contributed by atoms with van der Waals surface area (Å²) in [6.07, 6.45) is 4.76. The molecule has 2 aliphatic heterocycles. The summed E-state index contributed by atoms with van der Waals surface area (Å²) >= 11 is 0. The Labute approximate surface area is 75.4 Å². The Morgan fingerprint density at radius 1 is 1.38 bits per heavy atom. The monoisotopic (exact) mass is 172 g/mol.